The van der Waals surface area contributed by atoms with Crippen LogP contribution in [0, 0.1) is 11.8 Å². The molecule has 0 aromatic carbocycles. The molecule has 0 aromatic rings. The van der Waals surface area contributed by atoms with Crippen molar-refractivity contribution in [1.29, 1.82) is 0 Å². The standard InChI is InChI=1S/C12H22N2O/c1-8(2)9-6-10(7-9)13-11-4-5-14(3)12(11)15/h8-11,13H,4-7H2,1-3H3. The van der Waals surface area contributed by atoms with Crippen molar-refractivity contribution in [2.24, 2.45) is 11.8 Å². The van der Waals surface area contributed by atoms with Crippen LogP contribution in [0.5, 0.6) is 0 Å². The van der Waals surface area contributed by atoms with Crippen LogP contribution in [0.1, 0.15) is 33.1 Å². The van der Waals surface area contributed by atoms with Gasteiger partial charge >= 0.3 is 0 Å². The van der Waals surface area contributed by atoms with Crippen molar-refractivity contribution in [3.05, 3.63) is 0 Å². The summed E-state index contributed by atoms with van der Waals surface area (Å²) in [4.78, 5) is 13.5. The van der Waals surface area contributed by atoms with Gasteiger partial charge in [-0.1, -0.05) is 13.8 Å². The zero-order valence-corrected chi connectivity index (χ0v) is 9.99. The number of nitrogens with one attached hydrogen (secondary N) is 1. The number of carbonyl (C=O) groups excluding carboxylic acids is 1. The van der Waals surface area contributed by atoms with Crippen molar-refractivity contribution in [1.82, 2.24) is 10.2 Å². The second kappa shape index (κ2) is 4.12. The number of likely N-dealkylation sites (tertiary alicyclic amines) is 1. The maximum absolute atomic E-state index is 11.7. The highest BCUT2D eigenvalue weighted by Crippen LogP contribution is 2.34. The molecule has 0 radical (unpaired) electrons. The first-order valence-corrected chi connectivity index (χ1v) is 6.09. The van der Waals surface area contributed by atoms with Gasteiger partial charge in [-0.3, -0.25) is 4.79 Å². The predicted molar refractivity (Wildman–Crippen MR) is 60.5 cm³/mol. The molecule has 3 heteroatoms. The number of rotatable bonds is 3. The summed E-state index contributed by atoms with van der Waals surface area (Å²) in [5.41, 5.74) is 0. The van der Waals surface area contributed by atoms with Gasteiger partial charge in [-0.2, -0.15) is 0 Å². The van der Waals surface area contributed by atoms with Gasteiger partial charge in [-0.25, -0.2) is 0 Å². The van der Waals surface area contributed by atoms with Crippen molar-refractivity contribution in [3.63, 3.8) is 0 Å². The summed E-state index contributed by atoms with van der Waals surface area (Å²) in [5.74, 6) is 1.95. The van der Waals surface area contributed by atoms with Gasteiger partial charge in [0.2, 0.25) is 5.91 Å². The van der Waals surface area contributed by atoms with Crippen LogP contribution >= 0.6 is 0 Å². The summed E-state index contributed by atoms with van der Waals surface area (Å²) >= 11 is 0. The molecule has 2 rings (SSSR count). The molecule has 1 aliphatic heterocycles. The minimum absolute atomic E-state index is 0.105. The SMILES string of the molecule is CC(C)C1CC(NC2CCN(C)C2=O)C1. The summed E-state index contributed by atoms with van der Waals surface area (Å²) < 4.78 is 0. The first kappa shape index (κ1) is 10.9. The minimum atomic E-state index is 0.105. The Kier molecular flexibility index (Phi) is 3.01. The summed E-state index contributed by atoms with van der Waals surface area (Å²) in [5, 5.41) is 3.49. The molecule has 0 bridgehead atoms. The highest BCUT2D eigenvalue weighted by molar-refractivity contribution is 5.83. The molecule has 1 atom stereocenters. The molecular weight excluding hydrogens is 188 g/mol. The van der Waals surface area contributed by atoms with Crippen molar-refractivity contribution in [2.75, 3.05) is 13.6 Å². The van der Waals surface area contributed by atoms with Gasteiger partial charge in [0.1, 0.15) is 0 Å². The lowest BCUT2D eigenvalue weighted by molar-refractivity contribution is -0.128. The number of carbonyl (C=O) groups is 1. The number of likely N-dealkylation sites (N-methyl/N-ethyl adjacent to an activating group) is 1. The number of hydrogen-bond acceptors (Lipinski definition) is 2. The van der Waals surface area contributed by atoms with E-state index in [-0.39, 0.29) is 11.9 Å². The fourth-order valence-electron chi connectivity index (χ4n) is 2.60. The second-order valence-corrected chi connectivity index (χ2v) is 5.44. The second-order valence-electron chi connectivity index (χ2n) is 5.44. The lowest BCUT2D eigenvalue weighted by Gasteiger charge is -2.39. The topological polar surface area (TPSA) is 32.3 Å². The van der Waals surface area contributed by atoms with Crippen molar-refractivity contribution in [3.8, 4) is 0 Å². The Bertz CT molecular complexity index is 246. The van der Waals surface area contributed by atoms with E-state index in [2.05, 4.69) is 19.2 Å². The molecule has 86 valence electrons. The molecule has 3 nitrogen and oxygen atoms in total. The Labute approximate surface area is 92.2 Å². The maximum atomic E-state index is 11.7. The van der Waals surface area contributed by atoms with Gasteiger partial charge in [0.15, 0.2) is 0 Å². The van der Waals surface area contributed by atoms with Crippen LogP contribution in [0.25, 0.3) is 0 Å². The maximum Gasteiger partial charge on any atom is 0.239 e. The van der Waals surface area contributed by atoms with E-state index >= 15 is 0 Å². The van der Waals surface area contributed by atoms with Gasteiger partial charge < -0.3 is 10.2 Å². The minimum Gasteiger partial charge on any atom is -0.344 e. The molecule has 1 unspecified atom stereocenters. The molecule has 1 amide bonds. The van der Waals surface area contributed by atoms with Gasteiger partial charge in [-0.05, 0) is 31.1 Å². The normalized spacial score (nSPS) is 36.1. The molecular formula is C12H22N2O. The van der Waals surface area contributed by atoms with E-state index in [1.807, 2.05) is 11.9 Å². The van der Waals surface area contributed by atoms with E-state index in [1.54, 1.807) is 0 Å². The molecule has 15 heavy (non-hydrogen) atoms. The molecule has 0 aromatic heterocycles. The van der Waals surface area contributed by atoms with E-state index < -0.39 is 0 Å². The third-order valence-electron chi connectivity index (χ3n) is 3.98. The van der Waals surface area contributed by atoms with E-state index in [4.69, 9.17) is 0 Å². The summed E-state index contributed by atoms with van der Waals surface area (Å²) in [6.45, 7) is 5.49. The lowest BCUT2D eigenvalue weighted by atomic mass is 9.73. The average molecular weight is 210 g/mol. The van der Waals surface area contributed by atoms with E-state index in [1.165, 1.54) is 12.8 Å². The van der Waals surface area contributed by atoms with Crippen LogP contribution in [0.4, 0.5) is 0 Å². The molecule has 1 aliphatic carbocycles. The fourth-order valence-corrected chi connectivity index (χ4v) is 2.60. The molecule has 1 N–H and O–H groups in total. The molecule has 0 spiro atoms. The van der Waals surface area contributed by atoms with E-state index in [0.717, 1.165) is 24.8 Å². The zero-order valence-electron chi connectivity index (χ0n) is 9.99. The highest BCUT2D eigenvalue weighted by atomic mass is 16.2. The van der Waals surface area contributed by atoms with E-state index in [0.29, 0.717) is 6.04 Å². The van der Waals surface area contributed by atoms with Crippen LogP contribution in [0.15, 0.2) is 0 Å². The fraction of sp³-hybridized carbons (Fsp3) is 0.917. The Morgan fingerprint density at radius 1 is 1.40 bits per heavy atom. The lowest BCUT2D eigenvalue weighted by Crippen LogP contribution is -2.49. The molecule has 1 heterocycles. The number of hydrogen-bond donors (Lipinski definition) is 1. The van der Waals surface area contributed by atoms with Crippen LogP contribution in [0.2, 0.25) is 0 Å². The monoisotopic (exact) mass is 210 g/mol. The molecule has 2 aliphatic rings. The molecule has 2 fully saturated rings. The van der Waals surface area contributed by atoms with Crippen LogP contribution in [-0.2, 0) is 4.79 Å². The van der Waals surface area contributed by atoms with Gasteiger partial charge in [0.25, 0.3) is 0 Å². The van der Waals surface area contributed by atoms with Crippen molar-refractivity contribution < 1.29 is 4.79 Å². The molecule has 1 saturated carbocycles. The quantitative estimate of drug-likeness (QED) is 0.760. The molecule has 1 saturated heterocycles. The van der Waals surface area contributed by atoms with Gasteiger partial charge in [0, 0.05) is 19.6 Å². The predicted octanol–water partition coefficient (Wildman–Crippen LogP) is 1.24. The van der Waals surface area contributed by atoms with Gasteiger partial charge in [0.05, 0.1) is 6.04 Å². The Balaban J connectivity index is 1.74. The van der Waals surface area contributed by atoms with Crippen molar-refractivity contribution >= 4 is 5.91 Å². The van der Waals surface area contributed by atoms with Crippen LogP contribution in [-0.4, -0.2) is 36.5 Å². The zero-order chi connectivity index (χ0) is 11.0. The third-order valence-corrected chi connectivity index (χ3v) is 3.98. The summed E-state index contributed by atoms with van der Waals surface area (Å²) in [6.07, 6.45) is 3.49. The van der Waals surface area contributed by atoms with Crippen molar-refractivity contribution in [2.45, 2.75) is 45.2 Å². The summed E-state index contributed by atoms with van der Waals surface area (Å²) in [6, 6.07) is 0.700. The average Bonchev–Trinajstić information content (AvgIpc) is 2.40. The smallest absolute Gasteiger partial charge is 0.239 e. The Morgan fingerprint density at radius 2 is 2.07 bits per heavy atom. The van der Waals surface area contributed by atoms with Crippen LogP contribution in [0.3, 0.4) is 0 Å². The van der Waals surface area contributed by atoms with Crippen LogP contribution < -0.4 is 5.32 Å². The van der Waals surface area contributed by atoms with E-state index in [9.17, 15) is 4.79 Å². The first-order valence-electron chi connectivity index (χ1n) is 6.09. The Hall–Kier alpha value is -0.570. The summed E-state index contributed by atoms with van der Waals surface area (Å²) in [7, 11) is 1.89. The van der Waals surface area contributed by atoms with Gasteiger partial charge in [-0.15, -0.1) is 0 Å². The number of amides is 1. The first-order chi connectivity index (χ1) is 7.08. The highest BCUT2D eigenvalue weighted by Gasteiger charge is 2.36. The largest absolute Gasteiger partial charge is 0.344 e. The number of nitrogens with zero attached hydrogens (tertiary/aromatic N) is 1. The third kappa shape index (κ3) is 2.17. The Morgan fingerprint density at radius 3 is 2.53 bits per heavy atom.